The number of aromatic nitrogens is 4. The number of hydrogen-bond donors (Lipinski definition) is 0. The van der Waals surface area contributed by atoms with Crippen molar-refractivity contribution in [3.63, 3.8) is 0 Å². The highest BCUT2D eigenvalue weighted by Crippen LogP contribution is 2.36. The molecule has 26 heavy (non-hydrogen) atoms. The van der Waals surface area contributed by atoms with Gasteiger partial charge in [0.05, 0.1) is 5.69 Å². The van der Waals surface area contributed by atoms with Crippen LogP contribution in [0.3, 0.4) is 0 Å². The molecule has 1 aliphatic carbocycles. The van der Waals surface area contributed by atoms with Crippen molar-refractivity contribution in [2.75, 3.05) is 37.0 Å². The van der Waals surface area contributed by atoms with E-state index in [0.717, 1.165) is 31.3 Å². The van der Waals surface area contributed by atoms with E-state index in [1.807, 2.05) is 36.9 Å². The van der Waals surface area contributed by atoms with Gasteiger partial charge in [-0.25, -0.2) is 9.97 Å². The SMILES string of the molecule is CN(C)c1cc(N(C2CC2)C2CCN(Cc3ccnn3C)CC2)ncn1. The van der Waals surface area contributed by atoms with Crippen molar-refractivity contribution < 1.29 is 0 Å². The Morgan fingerprint density at radius 2 is 1.73 bits per heavy atom. The summed E-state index contributed by atoms with van der Waals surface area (Å²) in [5, 5.41) is 4.28. The first-order valence-electron chi connectivity index (χ1n) is 9.59. The molecule has 7 nitrogen and oxygen atoms in total. The molecular weight excluding hydrogens is 326 g/mol. The molecule has 0 radical (unpaired) electrons. The zero-order chi connectivity index (χ0) is 18.1. The fourth-order valence-corrected chi connectivity index (χ4v) is 3.89. The predicted molar refractivity (Wildman–Crippen MR) is 103 cm³/mol. The maximum Gasteiger partial charge on any atom is 0.134 e. The average Bonchev–Trinajstić information content (AvgIpc) is 3.40. The van der Waals surface area contributed by atoms with Crippen LogP contribution in [0.4, 0.5) is 11.6 Å². The van der Waals surface area contributed by atoms with Gasteiger partial charge in [0.25, 0.3) is 0 Å². The van der Waals surface area contributed by atoms with Crippen LogP contribution in [0.25, 0.3) is 0 Å². The summed E-state index contributed by atoms with van der Waals surface area (Å²) in [7, 11) is 6.09. The van der Waals surface area contributed by atoms with Gasteiger partial charge in [-0.1, -0.05) is 0 Å². The Morgan fingerprint density at radius 1 is 1.04 bits per heavy atom. The van der Waals surface area contributed by atoms with Crippen LogP contribution in [0.5, 0.6) is 0 Å². The number of aryl methyl sites for hydroxylation is 1. The van der Waals surface area contributed by atoms with Crippen LogP contribution in [0.15, 0.2) is 24.7 Å². The first-order chi connectivity index (χ1) is 12.6. The molecule has 1 aliphatic heterocycles. The van der Waals surface area contributed by atoms with Gasteiger partial charge in [0, 0.05) is 65.1 Å². The maximum absolute atomic E-state index is 4.61. The van der Waals surface area contributed by atoms with Crippen LogP contribution in [-0.4, -0.2) is 63.9 Å². The maximum atomic E-state index is 4.61. The number of likely N-dealkylation sites (tertiary alicyclic amines) is 1. The molecule has 0 aromatic carbocycles. The minimum atomic E-state index is 0.579. The van der Waals surface area contributed by atoms with E-state index in [2.05, 4.69) is 37.0 Å². The monoisotopic (exact) mass is 355 g/mol. The molecule has 0 bridgehead atoms. The standard InChI is InChI=1S/C19H29N7/c1-23(2)18-12-19(21-14-20-18)26(15-4-5-15)16-7-10-25(11-8-16)13-17-6-9-22-24(17)3/h6,9,12,14-16H,4-5,7-8,10-11,13H2,1-3H3. The highest BCUT2D eigenvalue weighted by Gasteiger charge is 2.36. The van der Waals surface area contributed by atoms with Crippen molar-refractivity contribution >= 4 is 11.6 Å². The molecule has 7 heteroatoms. The summed E-state index contributed by atoms with van der Waals surface area (Å²) in [5.74, 6) is 2.07. The first kappa shape index (κ1) is 17.3. The van der Waals surface area contributed by atoms with Crippen molar-refractivity contribution in [1.29, 1.82) is 0 Å². The second kappa shape index (κ2) is 7.23. The first-order valence-corrected chi connectivity index (χ1v) is 9.59. The highest BCUT2D eigenvalue weighted by atomic mass is 15.3. The molecule has 2 aliphatic rings. The smallest absolute Gasteiger partial charge is 0.134 e. The molecule has 1 saturated heterocycles. The lowest BCUT2D eigenvalue weighted by Crippen LogP contribution is -2.46. The van der Waals surface area contributed by atoms with Gasteiger partial charge in [0.15, 0.2) is 0 Å². The summed E-state index contributed by atoms with van der Waals surface area (Å²) >= 11 is 0. The fourth-order valence-electron chi connectivity index (χ4n) is 3.89. The Balaban J connectivity index is 1.43. The molecule has 0 spiro atoms. The fraction of sp³-hybridized carbons (Fsp3) is 0.632. The van der Waals surface area contributed by atoms with E-state index in [1.165, 1.54) is 31.4 Å². The van der Waals surface area contributed by atoms with E-state index in [1.54, 1.807) is 6.33 Å². The van der Waals surface area contributed by atoms with E-state index < -0.39 is 0 Å². The van der Waals surface area contributed by atoms with Gasteiger partial charge in [0.1, 0.15) is 18.0 Å². The van der Waals surface area contributed by atoms with E-state index in [4.69, 9.17) is 0 Å². The Kier molecular flexibility index (Phi) is 4.80. The van der Waals surface area contributed by atoms with E-state index in [9.17, 15) is 0 Å². The Bertz CT molecular complexity index is 729. The van der Waals surface area contributed by atoms with Gasteiger partial charge in [-0.15, -0.1) is 0 Å². The van der Waals surface area contributed by atoms with Gasteiger partial charge in [-0.3, -0.25) is 9.58 Å². The van der Waals surface area contributed by atoms with Gasteiger partial charge in [0.2, 0.25) is 0 Å². The number of piperidine rings is 1. The van der Waals surface area contributed by atoms with Crippen LogP contribution < -0.4 is 9.80 Å². The summed E-state index contributed by atoms with van der Waals surface area (Å²) < 4.78 is 1.98. The number of anilines is 2. The zero-order valence-electron chi connectivity index (χ0n) is 16.0. The summed E-state index contributed by atoms with van der Waals surface area (Å²) in [5.41, 5.74) is 1.29. The average molecular weight is 355 g/mol. The van der Waals surface area contributed by atoms with Gasteiger partial charge in [-0.2, -0.15) is 5.10 Å². The van der Waals surface area contributed by atoms with Gasteiger partial charge >= 0.3 is 0 Å². The molecule has 2 aromatic heterocycles. The molecule has 0 amide bonds. The molecule has 3 heterocycles. The molecule has 1 saturated carbocycles. The Hall–Kier alpha value is -2.15. The van der Waals surface area contributed by atoms with Crippen molar-refractivity contribution in [3.05, 3.63) is 30.4 Å². The quantitative estimate of drug-likeness (QED) is 0.789. The van der Waals surface area contributed by atoms with Gasteiger partial charge in [-0.05, 0) is 31.7 Å². The van der Waals surface area contributed by atoms with Crippen LogP contribution in [0, 0.1) is 0 Å². The summed E-state index contributed by atoms with van der Waals surface area (Å²) in [6.45, 7) is 3.25. The van der Waals surface area contributed by atoms with Crippen molar-refractivity contribution in [3.8, 4) is 0 Å². The summed E-state index contributed by atoms with van der Waals surface area (Å²) in [6, 6.07) is 5.50. The lowest BCUT2D eigenvalue weighted by molar-refractivity contribution is 0.196. The van der Waals surface area contributed by atoms with Crippen molar-refractivity contribution in [1.82, 2.24) is 24.6 Å². The van der Waals surface area contributed by atoms with Crippen LogP contribution >= 0.6 is 0 Å². The number of hydrogen-bond acceptors (Lipinski definition) is 6. The van der Waals surface area contributed by atoms with Crippen LogP contribution in [0.1, 0.15) is 31.4 Å². The third kappa shape index (κ3) is 3.67. The minimum absolute atomic E-state index is 0.579. The van der Waals surface area contributed by atoms with Crippen molar-refractivity contribution in [2.24, 2.45) is 7.05 Å². The Labute approximate surface area is 155 Å². The van der Waals surface area contributed by atoms with Crippen LogP contribution in [-0.2, 0) is 13.6 Å². The third-order valence-corrected chi connectivity index (χ3v) is 5.56. The van der Waals surface area contributed by atoms with E-state index >= 15 is 0 Å². The summed E-state index contributed by atoms with van der Waals surface area (Å²) in [6.07, 6.45) is 8.55. The molecule has 140 valence electrons. The number of nitrogens with zero attached hydrogens (tertiary/aromatic N) is 7. The normalized spacial score (nSPS) is 18.9. The van der Waals surface area contributed by atoms with E-state index in [-0.39, 0.29) is 0 Å². The molecule has 2 aromatic rings. The molecule has 0 atom stereocenters. The largest absolute Gasteiger partial charge is 0.363 e. The molecule has 0 N–H and O–H groups in total. The second-order valence-corrected chi connectivity index (χ2v) is 7.72. The topological polar surface area (TPSA) is 53.3 Å². The molecule has 2 fully saturated rings. The minimum Gasteiger partial charge on any atom is -0.363 e. The molecule has 0 unspecified atom stereocenters. The third-order valence-electron chi connectivity index (χ3n) is 5.56. The molecular formula is C19H29N7. The highest BCUT2D eigenvalue weighted by molar-refractivity contribution is 5.51. The second-order valence-electron chi connectivity index (χ2n) is 7.72. The molecule has 4 rings (SSSR count). The summed E-state index contributed by atoms with van der Waals surface area (Å²) in [4.78, 5) is 16.2. The van der Waals surface area contributed by atoms with E-state index in [0.29, 0.717) is 12.1 Å². The van der Waals surface area contributed by atoms with Crippen LogP contribution in [0.2, 0.25) is 0 Å². The number of rotatable bonds is 6. The lowest BCUT2D eigenvalue weighted by atomic mass is 10.0. The Morgan fingerprint density at radius 3 is 2.35 bits per heavy atom. The van der Waals surface area contributed by atoms with Gasteiger partial charge < -0.3 is 9.80 Å². The predicted octanol–water partition coefficient (Wildman–Crippen LogP) is 1.91. The lowest BCUT2D eigenvalue weighted by Gasteiger charge is -2.39. The zero-order valence-corrected chi connectivity index (χ0v) is 16.0. The van der Waals surface area contributed by atoms with Crippen molar-refractivity contribution in [2.45, 2.75) is 44.3 Å².